The monoisotopic (exact) mass is 317 g/mol. The van der Waals surface area contributed by atoms with Gasteiger partial charge >= 0.3 is 0 Å². The highest BCUT2D eigenvalue weighted by molar-refractivity contribution is 6.29. The van der Waals surface area contributed by atoms with Crippen LogP contribution in [0.15, 0.2) is 36.7 Å². The molecular weight excluding hydrogens is 298 g/mol. The number of rotatable bonds is 4. The lowest BCUT2D eigenvalue weighted by Gasteiger charge is -2.33. The van der Waals surface area contributed by atoms with Gasteiger partial charge in [-0.25, -0.2) is 9.97 Å². The fourth-order valence-corrected chi connectivity index (χ4v) is 2.63. The van der Waals surface area contributed by atoms with Gasteiger partial charge < -0.3 is 15.1 Å². The molecule has 0 saturated carbocycles. The van der Waals surface area contributed by atoms with Crippen LogP contribution in [0.2, 0.25) is 5.15 Å². The van der Waals surface area contributed by atoms with Crippen molar-refractivity contribution in [2.24, 2.45) is 0 Å². The Labute approximate surface area is 135 Å². The zero-order valence-corrected chi connectivity index (χ0v) is 13.4. The van der Waals surface area contributed by atoms with Gasteiger partial charge in [-0.2, -0.15) is 0 Å². The fraction of sp³-hybridized carbons (Fsp3) is 0.375. The molecule has 1 aliphatic heterocycles. The Kier molecular flexibility index (Phi) is 4.75. The Balaban J connectivity index is 1.57. The topological polar surface area (TPSA) is 44.3 Å². The van der Waals surface area contributed by atoms with Crippen molar-refractivity contribution in [2.45, 2.75) is 6.54 Å². The van der Waals surface area contributed by atoms with Crippen LogP contribution in [0, 0.1) is 0 Å². The number of hydrogen-bond acceptors (Lipinski definition) is 5. The first-order valence-corrected chi connectivity index (χ1v) is 7.82. The molecule has 2 aromatic rings. The van der Waals surface area contributed by atoms with Gasteiger partial charge in [0.15, 0.2) is 0 Å². The second kappa shape index (κ2) is 6.94. The number of halogens is 1. The molecule has 2 aromatic heterocycles. The first-order valence-electron chi connectivity index (χ1n) is 7.44. The molecule has 6 heteroatoms. The van der Waals surface area contributed by atoms with Crippen molar-refractivity contribution in [1.29, 1.82) is 0 Å². The van der Waals surface area contributed by atoms with Crippen molar-refractivity contribution in [2.75, 3.05) is 43.4 Å². The van der Waals surface area contributed by atoms with Gasteiger partial charge in [-0.1, -0.05) is 17.7 Å². The summed E-state index contributed by atoms with van der Waals surface area (Å²) in [7, 11) is 2.16. The van der Waals surface area contributed by atoms with Crippen LogP contribution in [-0.4, -0.2) is 48.1 Å². The summed E-state index contributed by atoms with van der Waals surface area (Å²) in [5.41, 5.74) is 2.11. The molecule has 0 bridgehead atoms. The summed E-state index contributed by atoms with van der Waals surface area (Å²) in [5, 5.41) is 3.82. The van der Waals surface area contributed by atoms with Gasteiger partial charge in [0, 0.05) is 50.8 Å². The predicted molar refractivity (Wildman–Crippen MR) is 90.5 cm³/mol. The molecule has 1 saturated heterocycles. The van der Waals surface area contributed by atoms with E-state index in [2.05, 4.69) is 44.3 Å². The highest BCUT2D eigenvalue weighted by Crippen LogP contribution is 2.16. The fourth-order valence-electron chi connectivity index (χ4n) is 2.46. The molecule has 1 fully saturated rings. The Morgan fingerprint density at radius 3 is 2.64 bits per heavy atom. The summed E-state index contributed by atoms with van der Waals surface area (Å²) in [4.78, 5) is 13.2. The van der Waals surface area contributed by atoms with Crippen molar-refractivity contribution in [3.63, 3.8) is 0 Å². The summed E-state index contributed by atoms with van der Waals surface area (Å²) in [6.07, 6.45) is 3.63. The Hall–Kier alpha value is -1.85. The second-order valence-electron chi connectivity index (χ2n) is 5.54. The zero-order chi connectivity index (χ0) is 15.4. The molecule has 3 heterocycles. The summed E-state index contributed by atoms with van der Waals surface area (Å²) < 4.78 is 0. The lowest BCUT2D eigenvalue weighted by atomic mass is 10.2. The van der Waals surface area contributed by atoms with E-state index in [1.807, 2.05) is 18.3 Å². The van der Waals surface area contributed by atoms with E-state index in [1.54, 1.807) is 6.20 Å². The number of aromatic nitrogens is 2. The normalized spacial score (nSPS) is 15.8. The molecule has 5 nitrogen and oxygen atoms in total. The van der Waals surface area contributed by atoms with Crippen LogP contribution in [0.1, 0.15) is 5.56 Å². The summed E-state index contributed by atoms with van der Waals surface area (Å²) in [5.74, 6) is 1.06. The Bertz CT molecular complexity index is 608. The van der Waals surface area contributed by atoms with E-state index in [9.17, 15) is 0 Å². The molecular formula is C16H20ClN5. The van der Waals surface area contributed by atoms with Crippen molar-refractivity contribution in [3.8, 4) is 0 Å². The van der Waals surface area contributed by atoms with Gasteiger partial charge in [0.05, 0.1) is 0 Å². The number of anilines is 2. The standard InChI is InChI=1S/C16H20ClN5/c1-21-6-8-22(9-7-21)16-3-2-13(12-20-16)11-19-14-4-5-18-15(17)10-14/h2-5,10,12H,6-9,11H2,1H3,(H,18,19). The van der Waals surface area contributed by atoms with Gasteiger partial charge in [-0.15, -0.1) is 0 Å². The molecule has 0 aliphatic carbocycles. The molecule has 22 heavy (non-hydrogen) atoms. The van der Waals surface area contributed by atoms with Crippen molar-refractivity contribution >= 4 is 23.1 Å². The van der Waals surface area contributed by atoms with E-state index in [-0.39, 0.29) is 0 Å². The minimum Gasteiger partial charge on any atom is -0.381 e. The zero-order valence-electron chi connectivity index (χ0n) is 12.7. The number of pyridine rings is 2. The van der Waals surface area contributed by atoms with Crippen molar-refractivity contribution < 1.29 is 0 Å². The minimum atomic E-state index is 0.494. The lowest BCUT2D eigenvalue weighted by Crippen LogP contribution is -2.44. The molecule has 1 N–H and O–H groups in total. The average molecular weight is 318 g/mol. The third-order valence-corrected chi connectivity index (χ3v) is 4.07. The SMILES string of the molecule is CN1CCN(c2ccc(CNc3ccnc(Cl)c3)cn2)CC1. The van der Waals surface area contributed by atoms with Crippen LogP contribution in [0.5, 0.6) is 0 Å². The maximum atomic E-state index is 5.87. The maximum absolute atomic E-state index is 5.87. The Morgan fingerprint density at radius 2 is 1.95 bits per heavy atom. The van der Waals surface area contributed by atoms with E-state index in [0.29, 0.717) is 5.15 Å². The number of likely N-dealkylation sites (N-methyl/N-ethyl adjacent to an activating group) is 1. The molecule has 0 unspecified atom stereocenters. The van der Waals surface area contributed by atoms with E-state index >= 15 is 0 Å². The summed E-state index contributed by atoms with van der Waals surface area (Å²) in [6.45, 7) is 4.98. The highest BCUT2D eigenvalue weighted by atomic mass is 35.5. The molecule has 1 aliphatic rings. The van der Waals surface area contributed by atoms with Gasteiger partial charge in [-0.3, -0.25) is 0 Å². The third kappa shape index (κ3) is 3.87. The third-order valence-electron chi connectivity index (χ3n) is 3.86. The molecule has 0 aromatic carbocycles. The highest BCUT2D eigenvalue weighted by Gasteiger charge is 2.14. The molecule has 0 amide bonds. The molecule has 0 spiro atoms. The largest absolute Gasteiger partial charge is 0.381 e. The minimum absolute atomic E-state index is 0.494. The van der Waals surface area contributed by atoms with Gasteiger partial charge in [0.2, 0.25) is 0 Å². The first kappa shape index (κ1) is 15.1. The van der Waals surface area contributed by atoms with E-state index in [1.165, 1.54) is 0 Å². The molecule has 116 valence electrons. The number of hydrogen-bond donors (Lipinski definition) is 1. The number of piperazine rings is 1. The Morgan fingerprint density at radius 1 is 1.14 bits per heavy atom. The van der Waals surface area contributed by atoms with E-state index < -0.39 is 0 Å². The smallest absolute Gasteiger partial charge is 0.131 e. The first-order chi connectivity index (χ1) is 10.7. The molecule has 0 atom stereocenters. The molecule has 3 rings (SSSR count). The van der Waals surface area contributed by atoms with Crippen LogP contribution in [0.3, 0.4) is 0 Å². The second-order valence-corrected chi connectivity index (χ2v) is 5.92. The average Bonchev–Trinajstić information content (AvgIpc) is 2.54. The summed E-state index contributed by atoms with van der Waals surface area (Å²) >= 11 is 5.87. The van der Waals surface area contributed by atoms with Crippen LogP contribution in [0.25, 0.3) is 0 Å². The van der Waals surface area contributed by atoms with E-state index in [4.69, 9.17) is 11.6 Å². The maximum Gasteiger partial charge on any atom is 0.131 e. The van der Waals surface area contributed by atoms with Crippen LogP contribution in [0.4, 0.5) is 11.5 Å². The molecule has 0 radical (unpaired) electrons. The van der Waals surface area contributed by atoms with Gasteiger partial charge in [0.1, 0.15) is 11.0 Å². The van der Waals surface area contributed by atoms with E-state index in [0.717, 1.165) is 49.8 Å². The number of nitrogens with one attached hydrogen (secondary N) is 1. The van der Waals surface area contributed by atoms with Crippen LogP contribution in [-0.2, 0) is 6.54 Å². The number of nitrogens with zero attached hydrogens (tertiary/aromatic N) is 4. The van der Waals surface area contributed by atoms with Crippen molar-refractivity contribution in [1.82, 2.24) is 14.9 Å². The van der Waals surface area contributed by atoms with Gasteiger partial charge in [-0.05, 0) is 30.8 Å². The van der Waals surface area contributed by atoms with Crippen molar-refractivity contribution in [3.05, 3.63) is 47.4 Å². The van der Waals surface area contributed by atoms with Crippen LogP contribution >= 0.6 is 11.6 Å². The summed E-state index contributed by atoms with van der Waals surface area (Å²) in [6, 6.07) is 7.93. The van der Waals surface area contributed by atoms with Gasteiger partial charge in [0.25, 0.3) is 0 Å². The quantitative estimate of drug-likeness (QED) is 0.878. The van der Waals surface area contributed by atoms with Crippen LogP contribution < -0.4 is 10.2 Å². The lowest BCUT2D eigenvalue weighted by molar-refractivity contribution is 0.312. The predicted octanol–water partition coefficient (Wildman–Crippen LogP) is 2.49.